The third kappa shape index (κ3) is 2.89. The van der Waals surface area contributed by atoms with Crippen molar-refractivity contribution in [3.8, 4) is 0 Å². The van der Waals surface area contributed by atoms with Gasteiger partial charge in [0, 0.05) is 18.7 Å². The van der Waals surface area contributed by atoms with Gasteiger partial charge < -0.3 is 10.3 Å². The summed E-state index contributed by atoms with van der Waals surface area (Å²) in [6.07, 6.45) is -3.28. The minimum Gasteiger partial charge on any atom is -0.399 e. The molecular weight excluding hydrogens is 231 g/mol. The van der Waals surface area contributed by atoms with E-state index in [1.54, 1.807) is 29.1 Å². The Labute approximate surface area is 96.0 Å². The number of nitrogens with two attached hydrogens (primary N) is 1. The summed E-state index contributed by atoms with van der Waals surface area (Å²) in [6.45, 7) is 0.305. The zero-order valence-corrected chi connectivity index (χ0v) is 9.04. The van der Waals surface area contributed by atoms with Crippen molar-refractivity contribution in [3.05, 3.63) is 24.5 Å². The van der Waals surface area contributed by atoms with E-state index in [-0.39, 0.29) is 6.42 Å². The number of imidazole rings is 1. The van der Waals surface area contributed by atoms with Gasteiger partial charge in [0.05, 0.1) is 17.4 Å². The van der Waals surface area contributed by atoms with E-state index in [0.29, 0.717) is 17.7 Å². The Hall–Kier alpha value is -1.72. The Balaban J connectivity index is 2.09. The van der Waals surface area contributed by atoms with Crippen molar-refractivity contribution in [1.82, 2.24) is 9.55 Å². The molecule has 6 heteroatoms. The topological polar surface area (TPSA) is 43.8 Å². The van der Waals surface area contributed by atoms with Crippen LogP contribution in [0.25, 0.3) is 11.0 Å². The molecular formula is C11H12F3N3. The number of hydrogen-bond donors (Lipinski definition) is 1. The number of aryl methyl sites for hydroxylation is 1. The molecule has 0 spiro atoms. The van der Waals surface area contributed by atoms with Gasteiger partial charge in [-0.15, -0.1) is 0 Å². The number of aromatic nitrogens is 2. The number of nitrogen functional groups attached to an aromatic ring is 1. The van der Waals surface area contributed by atoms with Crippen LogP contribution >= 0.6 is 0 Å². The monoisotopic (exact) mass is 243 g/mol. The van der Waals surface area contributed by atoms with Crippen molar-refractivity contribution in [1.29, 1.82) is 0 Å². The molecule has 2 aromatic rings. The van der Waals surface area contributed by atoms with Gasteiger partial charge in [-0.1, -0.05) is 0 Å². The number of halogens is 3. The molecule has 1 aromatic heterocycles. The summed E-state index contributed by atoms with van der Waals surface area (Å²) in [5.74, 6) is 0. The van der Waals surface area contributed by atoms with Gasteiger partial charge in [-0.3, -0.25) is 0 Å². The van der Waals surface area contributed by atoms with Crippen molar-refractivity contribution in [2.75, 3.05) is 5.73 Å². The largest absolute Gasteiger partial charge is 0.399 e. The van der Waals surface area contributed by atoms with Gasteiger partial charge >= 0.3 is 6.18 Å². The van der Waals surface area contributed by atoms with E-state index in [4.69, 9.17) is 5.73 Å². The lowest BCUT2D eigenvalue weighted by molar-refractivity contribution is -0.135. The molecule has 0 unspecified atom stereocenters. The summed E-state index contributed by atoms with van der Waals surface area (Å²) >= 11 is 0. The second kappa shape index (κ2) is 4.27. The molecule has 1 aromatic carbocycles. The van der Waals surface area contributed by atoms with Crippen LogP contribution in [-0.4, -0.2) is 15.7 Å². The van der Waals surface area contributed by atoms with E-state index in [2.05, 4.69) is 4.98 Å². The number of fused-ring (bicyclic) bond motifs is 1. The van der Waals surface area contributed by atoms with Crippen LogP contribution in [0.3, 0.4) is 0 Å². The van der Waals surface area contributed by atoms with Crippen molar-refractivity contribution >= 4 is 16.7 Å². The van der Waals surface area contributed by atoms with Crippen LogP contribution < -0.4 is 5.73 Å². The molecule has 0 fully saturated rings. The predicted molar refractivity (Wildman–Crippen MR) is 59.4 cm³/mol. The first kappa shape index (κ1) is 11.8. The molecule has 2 rings (SSSR count). The first-order valence-corrected chi connectivity index (χ1v) is 5.23. The molecule has 0 aliphatic heterocycles. The van der Waals surface area contributed by atoms with Gasteiger partial charge in [-0.2, -0.15) is 13.2 Å². The molecule has 0 bridgehead atoms. The molecule has 2 N–H and O–H groups in total. The SMILES string of the molecule is Nc1ccc2c(c1)ncn2CCCC(F)(F)F. The molecule has 0 amide bonds. The molecule has 0 aliphatic carbocycles. The Morgan fingerprint density at radius 3 is 2.76 bits per heavy atom. The lowest BCUT2D eigenvalue weighted by Gasteiger charge is -2.07. The summed E-state index contributed by atoms with van der Waals surface area (Å²) in [6, 6.07) is 5.19. The second-order valence-electron chi connectivity index (χ2n) is 3.90. The molecule has 0 atom stereocenters. The van der Waals surface area contributed by atoms with Crippen LogP contribution in [0.4, 0.5) is 18.9 Å². The number of hydrogen-bond acceptors (Lipinski definition) is 2. The quantitative estimate of drug-likeness (QED) is 0.842. The Bertz CT molecular complexity index is 516. The smallest absolute Gasteiger partial charge is 0.389 e. The highest BCUT2D eigenvalue weighted by Gasteiger charge is 2.26. The van der Waals surface area contributed by atoms with Crippen LogP contribution in [0.15, 0.2) is 24.5 Å². The van der Waals surface area contributed by atoms with Crippen LogP contribution in [0.1, 0.15) is 12.8 Å². The maximum Gasteiger partial charge on any atom is 0.389 e. The molecule has 0 saturated heterocycles. The summed E-state index contributed by atoms with van der Waals surface area (Å²) in [5.41, 5.74) is 7.70. The van der Waals surface area contributed by atoms with Gasteiger partial charge in [-0.05, 0) is 24.6 Å². The fraction of sp³-hybridized carbons (Fsp3) is 0.364. The highest BCUT2D eigenvalue weighted by molar-refractivity contribution is 5.78. The van der Waals surface area contributed by atoms with Crippen molar-refractivity contribution < 1.29 is 13.2 Å². The maximum atomic E-state index is 12.0. The average molecular weight is 243 g/mol. The lowest BCUT2D eigenvalue weighted by Crippen LogP contribution is -2.08. The van der Waals surface area contributed by atoms with Gasteiger partial charge in [0.25, 0.3) is 0 Å². The Morgan fingerprint density at radius 2 is 2.06 bits per heavy atom. The fourth-order valence-electron chi connectivity index (χ4n) is 1.71. The number of nitrogens with zero attached hydrogens (tertiary/aromatic N) is 2. The van der Waals surface area contributed by atoms with Gasteiger partial charge in [0.15, 0.2) is 0 Å². The minimum absolute atomic E-state index is 0.0549. The first-order valence-electron chi connectivity index (χ1n) is 5.23. The number of rotatable bonds is 3. The van der Waals surface area contributed by atoms with Gasteiger partial charge in [0.1, 0.15) is 0 Å². The minimum atomic E-state index is -4.10. The van der Waals surface area contributed by atoms with E-state index in [1.165, 1.54) is 0 Å². The molecule has 3 nitrogen and oxygen atoms in total. The van der Waals surface area contributed by atoms with E-state index in [9.17, 15) is 13.2 Å². The zero-order valence-electron chi connectivity index (χ0n) is 9.04. The maximum absolute atomic E-state index is 12.0. The molecule has 0 radical (unpaired) electrons. The highest BCUT2D eigenvalue weighted by Crippen LogP contribution is 2.22. The molecule has 0 aliphatic rings. The number of anilines is 1. The summed E-state index contributed by atoms with van der Waals surface area (Å²) < 4.78 is 37.7. The summed E-state index contributed by atoms with van der Waals surface area (Å²) in [4.78, 5) is 4.10. The summed E-state index contributed by atoms with van der Waals surface area (Å²) in [5, 5.41) is 0. The number of alkyl halides is 3. The van der Waals surface area contributed by atoms with E-state index in [0.717, 1.165) is 5.52 Å². The molecule has 0 saturated carbocycles. The van der Waals surface area contributed by atoms with Crippen molar-refractivity contribution in [3.63, 3.8) is 0 Å². The molecule has 1 heterocycles. The third-order valence-electron chi connectivity index (χ3n) is 2.50. The Kier molecular flexibility index (Phi) is 2.95. The standard InChI is InChI=1S/C11H12F3N3/c12-11(13,14)4-1-5-17-7-16-9-6-8(15)2-3-10(9)17/h2-3,6-7H,1,4-5,15H2. The fourth-order valence-corrected chi connectivity index (χ4v) is 1.71. The first-order chi connectivity index (χ1) is 7.96. The van der Waals surface area contributed by atoms with Crippen LogP contribution in [-0.2, 0) is 6.54 Å². The molecule has 17 heavy (non-hydrogen) atoms. The van der Waals surface area contributed by atoms with Crippen LogP contribution in [0.2, 0.25) is 0 Å². The van der Waals surface area contributed by atoms with Gasteiger partial charge in [0.2, 0.25) is 0 Å². The van der Waals surface area contributed by atoms with E-state index >= 15 is 0 Å². The van der Waals surface area contributed by atoms with Crippen molar-refractivity contribution in [2.24, 2.45) is 0 Å². The normalized spacial score (nSPS) is 12.2. The summed E-state index contributed by atoms with van der Waals surface area (Å²) in [7, 11) is 0. The average Bonchev–Trinajstić information content (AvgIpc) is 2.59. The predicted octanol–water partition coefficient (Wildman–Crippen LogP) is 2.96. The van der Waals surface area contributed by atoms with E-state index < -0.39 is 12.6 Å². The van der Waals surface area contributed by atoms with Gasteiger partial charge in [-0.25, -0.2) is 4.98 Å². The zero-order chi connectivity index (χ0) is 12.5. The lowest BCUT2D eigenvalue weighted by atomic mass is 10.2. The third-order valence-corrected chi connectivity index (χ3v) is 2.50. The molecule has 92 valence electrons. The van der Waals surface area contributed by atoms with E-state index in [1.807, 2.05) is 0 Å². The highest BCUT2D eigenvalue weighted by atomic mass is 19.4. The number of benzene rings is 1. The van der Waals surface area contributed by atoms with Crippen LogP contribution in [0.5, 0.6) is 0 Å². The van der Waals surface area contributed by atoms with Crippen LogP contribution in [0, 0.1) is 0 Å². The Morgan fingerprint density at radius 1 is 1.29 bits per heavy atom. The second-order valence-corrected chi connectivity index (χ2v) is 3.90. The van der Waals surface area contributed by atoms with Crippen molar-refractivity contribution in [2.45, 2.75) is 25.6 Å².